The third kappa shape index (κ3) is 8.41. The van der Waals surface area contributed by atoms with Crippen LogP contribution in [0.25, 0.3) is 11.1 Å². The minimum atomic E-state index is -6.38. The molecule has 3 aromatic carbocycles. The fraction of sp³-hybridized carbons (Fsp3) is 0.225. The zero-order valence-corrected chi connectivity index (χ0v) is 31.6. The minimum Gasteiger partial charge on any atom is -0.197 e. The summed E-state index contributed by atoms with van der Waals surface area (Å²) >= 11 is 0. The van der Waals surface area contributed by atoms with E-state index in [0.29, 0.717) is 12.1 Å². The third-order valence-electron chi connectivity index (χ3n) is 9.78. The maximum atomic E-state index is 15.0. The van der Waals surface area contributed by atoms with Gasteiger partial charge in [0.05, 0.1) is 126 Å². The lowest BCUT2D eigenvalue weighted by molar-refractivity contribution is -0.146. The average Bonchev–Trinajstić information content (AvgIpc) is 3.94. The Balaban J connectivity index is 2.72. The van der Waals surface area contributed by atoms with Gasteiger partial charge in [0, 0.05) is 22.6 Å². The van der Waals surface area contributed by atoms with Gasteiger partial charge in [-0.25, -0.2) is 0 Å². The van der Waals surface area contributed by atoms with Gasteiger partial charge >= 0.3 is 37.1 Å². The summed E-state index contributed by atoms with van der Waals surface area (Å²) in [7, 11) is 0. The molecule has 4 rings (SSSR count). The number of benzene rings is 3. The highest BCUT2D eigenvalue weighted by Crippen LogP contribution is 2.66. The summed E-state index contributed by atoms with van der Waals surface area (Å²) in [4.78, 5) is 0. The van der Waals surface area contributed by atoms with Gasteiger partial charge in [0.25, 0.3) is 0 Å². The number of halogens is 18. The maximum Gasteiger partial charge on any atom is 0.418 e. The lowest BCUT2D eigenvalue weighted by atomic mass is 9.71. The van der Waals surface area contributed by atoms with Crippen LogP contribution in [-0.4, -0.2) is 0 Å². The number of alkyl halides is 18. The molecular weight excluding hydrogens is 948 g/mol. The van der Waals surface area contributed by atoms with E-state index in [-0.39, 0.29) is 25.1 Å². The van der Waals surface area contributed by atoms with Crippen molar-refractivity contribution in [2.75, 3.05) is 0 Å². The normalized spacial score (nSPS) is 16.5. The van der Waals surface area contributed by atoms with Gasteiger partial charge in [0.15, 0.2) is 0 Å². The van der Waals surface area contributed by atoms with Crippen molar-refractivity contribution in [3.63, 3.8) is 0 Å². The Morgan fingerprint density at radius 2 is 0.567 bits per heavy atom. The van der Waals surface area contributed by atoms with E-state index in [1.165, 1.54) is 0 Å². The minimum absolute atomic E-state index is 0.153. The molecule has 1 aliphatic rings. The zero-order chi connectivity index (χ0) is 51.5. The Morgan fingerprint density at radius 1 is 0.358 bits per heavy atom. The Bertz CT molecular complexity index is 2870. The lowest BCUT2D eigenvalue weighted by Crippen LogP contribution is -2.33. The van der Waals surface area contributed by atoms with Gasteiger partial charge in [0.1, 0.15) is 12.1 Å². The Hall–Kier alpha value is -8.71. The molecule has 1 fully saturated rings. The number of allylic oxidation sites excluding steroid dienone is 4. The first-order valence-corrected chi connectivity index (χ1v) is 16.8. The Labute approximate surface area is 360 Å². The van der Waals surface area contributed by atoms with Crippen molar-refractivity contribution in [3.05, 3.63) is 113 Å². The number of rotatable bonds is 4. The van der Waals surface area contributed by atoms with Crippen LogP contribution in [0.2, 0.25) is 0 Å². The molecule has 2 unspecified atom stereocenters. The quantitative estimate of drug-likeness (QED) is 0.179. The molecule has 0 radical (unpaired) electrons. The van der Waals surface area contributed by atoms with Crippen LogP contribution >= 0.6 is 0 Å². The second-order valence-corrected chi connectivity index (χ2v) is 13.5. The molecular formula is C40H7F18N9. The molecule has 2 atom stereocenters. The first-order valence-electron chi connectivity index (χ1n) is 16.8. The molecule has 9 nitrogen and oxygen atoms in total. The van der Waals surface area contributed by atoms with Crippen molar-refractivity contribution in [1.29, 1.82) is 47.4 Å². The molecule has 0 bridgehead atoms. The lowest BCUT2D eigenvalue weighted by Gasteiger charge is -2.30. The van der Waals surface area contributed by atoms with Crippen molar-refractivity contribution in [2.45, 2.75) is 49.4 Å². The summed E-state index contributed by atoms with van der Waals surface area (Å²) < 4.78 is 269. The van der Waals surface area contributed by atoms with Gasteiger partial charge in [-0.05, 0) is 36.3 Å². The monoisotopic (exact) mass is 955 g/mol. The first kappa shape index (κ1) is 50.9. The molecule has 67 heavy (non-hydrogen) atoms. The molecule has 1 aliphatic carbocycles. The van der Waals surface area contributed by atoms with Crippen LogP contribution in [0.1, 0.15) is 90.4 Å². The van der Waals surface area contributed by atoms with Crippen LogP contribution in [0.15, 0.2) is 29.3 Å². The molecule has 0 N–H and O–H groups in total. The molecule has 0 saturated heterocycles. The third-order valence-corrected chi connectivity index (χ3v) is 9.78. The SMILES string of the molecule is CC(C#N)(c1c(C(F)(F)F)c(C#N)cc(C#N)c1C(F)(F)F)C1C(=C(/C#N)c2c(C(F)(F)F)c(C#N)cc(C#N)c2C(F)(F)F)/C1=C(/C#N)c1c(C(F)(F)F)c(C#N)cc(C#N)c1C(F)(F)F. The van der Waals surface area contributed by atoms with Crippen molar-refractivity contribution in [2.24, 2.45) is 5.92 Å². The fourth-order valence-electron chi connectivity index (χ4n) is 7.49. The molecule has 338 valence electrons. The topological polar surface area (TPSA) is 214 Å². The molecule has 3 aromatic rings. The number of hydrogen-bond acceptors (Lipinski definition) is 9. The molecule has 0 spiro atoms. The first-order chi connectivity index (χ1) is 30.6. The van der Waals surface area contributed by atoms with Crippen LogP contribution in [0.4, 0.5) is 79.0 Å². The molecule has 0 aromatic heterocycles. The van der Waals surface area contributed by atoms with E-state index < -0.39 is 154 Å². The van der Waals surface area contributed by atoms with Crippen LogP contribution < -0.4 is 0 Å². The maximum absolute atomic E-state index is 15.0. The van der Waals surface area contributed by atoms with Crippen molar-refractivity contribution in [1.82, 2.24) is 0 Å². The standard InChI is InChI=1S/C40H7F18N9/c1-34(13-67,33-30(39(53,54)55)18(9-63)4-19(10-64)31(33)40(56,57)58)32-22(20(11-65)24-26(35(41,42)43)14(5-59)2-15(6-60)27(24)36(44,45)46)23(32)21(12-66)25-28(37(47,48)49)16(7-61)3-17(8-62)29(25)38(50,51)52/h2-4,32H,1H3/b22-20-,23-21+. The van der Waals surface area contributed by atoms with Gasteiger partial charge in [-0.2, -0.15) is 126 Å². The molecule has 0 heterocycles. The molecule has 0 amide bonds. The van der Waals surface area contributed by atoms with Gasteiger partial charge in [-0.15, -0.1) is 0 Å². The van der Waals surface area contributed by atoms with Crippen LogP contribution in [-0.2, 0) is 42.5 Å². The van der Waals surface area contributed by atoms with Crippen LogP contribution in [0.3, 0.4) is 0 Å². The largest absolute Gasteiger partial charge is 0.418 e. The van der Waals surface area contributed by atoms with Crippen LogP contribution in [0, 0.1) is 108 Å². The van der Waals surface area contributed by atoms with Crippen molar-refractivity contribution >= 4 is 11.1 Å². The van der Waals surface area contributed by atoms with E-state index in [0.717, 1.165) is 42.5 Å². The second kappa shape index (κ2) is 16.4. The second-order valence-electron chi connectivity index (χ2n) is 13.5. The predicted octanol–water partition coefficient (Wildman–Crippen LogP) is 11.4. The Morgan fingerprint density at radius 3 is 0.731 bits per heavy atom. The Kier molecular flexibility index (Phi) is 12.4. The molecule has 1 saturated carbocycles. The van der Waals surface area contributed by atoms with Crippen molar-refractivity contribution in [3.8, 4) is 54.6 Å². The average molecular weight is 956 g/mol. The highest BCUT2D eigenvalue weighted by atomic mass is 19.4. The van der Waals surface area contributed by atoms with Gasteiger partial charge in [-0.1, -0.05) is 0 Å². The van der Waals surface area contributed by atoms with Gasteiger partial charge < -0.3 is 0 Å². The number of nitrogens with zero attached hydrogens (tertiary/aromatic N) is 9. The summed E-state index contributed by atoms with van der Waals surface area (Å²) in [6.45, 7) is -0.153. The number of nitriles is 9. The molecule has 27 heteroatoms. The predicted molar refractivity (Wildman–Crippen MR) is 179 cm³/mol. The summed E-state index contributed by atoms with van der Waals surface area (Å²) in [6, 6.07) is 5.28. The van der Waals surface area contributed by atoms with E-state index in [9.17, 15) is 100 Å². The van der Waals surface area contributed by atoms with E-state index in [2.05, 4.69) is 0 Å². The van der Waals surface area contributed by atoms with E-state index in [1.807, 2.05) is 0 Å². The van der Waals surface area contributed by atoms with E-state index >= 15 is 26.3 Å². The summed E-state index contributed by atoms with van der Waals surface area (Å²) in [5, 5.41) is 89.1. The summed E-state index contributed by atoms with van der Waals surface area (Å²) in [6.07, 6.45) is -38.3. The highest BCUT2D eigenvalue weighted by molar-refractivity contribution is 6.01. The van der Waals surface area contributed by atoms with E-state index in [4.69, 9.17) is 0 Å². The van der Waals surface area contributed by atoms with Gasteiger partial charge in [-0.3, -0.25) is 0 Å². The highest BCUT2D eigenvalue weighted by Gasteiger charge is 2.62. The zero-order valence-electron chi connectivity index (χ0n) is 31.6. The van der Waals surface area contributed by atoms with E-state index in [1.54, 1.807) is 0 Å². The van der Waals surface area contributed by atoms with Crippen molar-refractivity contribution < 1.29 is 79.0 Å². The van der Waals surface area contributed by atoms with Crippen LogP contribution in [0.5, 0.6) is 0 Å². The summed E-state index contributed by atoms with van der Waals surface area (Å²) in [5.74, 6) is -3.55. The van der Waals surface area contributed by atoms with Gasteiger partial charge in [0.2, 0.25) is 0 Å². The fourth-order valence-corrected chi connectivity index (χ4v) is 7.49. The summed E-state index contributed by atoms with van der Waals surface area (Å²) in [5.41, 5.74) is -51.5. The molecule has 0 aliphatic heterocycles. The smallest absolute Gasteiger partial charge is 0.197 e. The number of hydrogen-bond donors (Lipinski definition) is 0.